The molecule has 0 spiro atoms. The van der Waals surface area contributed by atoms with Gasteiger partial charge in [-0.3, -0.25) is 4.98 Å². The standard InChI is InChI=1S/C14H15N5OS/c1-2-20-10-3-4-11-12(5-10)19-14(18-11)21-8-9-6-17-13(15)7-16-9/h3-7H,2,8H2,1H3,(H2,15,17)(H,18,19). The van der Waals surface area contributed by atoms with Gasteiger partial charge in [0.2, 0.25) is 0 Å². The molecule has 0 aliphatic rings. The number of nitrogen functional groups attached to an aromatic ring is 1. The van der Waals surface area contributed by atoms with Crippen LogP contribution in [0.5, 0.6) is 5.75 Å². The van der Waals surface area contributed by atoms with Gasteiger partial charge in [-0.2, -0.15) is 0 Å². The van der Waals surface area contributed by atoms with E-state index in [0.717, 1.165) is 27.6 Å². The number of H-pyrrole nitrogens is 1. The molecule has 0 atom stereocenters. The molecule has 0 unspecified atom stereocenters. The van der Waals surface area contributed by atoms with Gasteiger partial charge in [-0.1, -0.05) is 11.8 Å². The quantitative estimate of drug-likeness (QED) is 0.704. The lowest BCUT2D eigenvalue weighted by atomic mass is 10.3. The summed E-state index contributed by atoms with van der Waals surface area (Å²) < 4.78 is 5.48. The Morgan fingerprint density at radius 2 is 2.19 bits per heavy atom. The fraction of sp³-hybridized carbons (Fsp3) is 0.214. The summed E-state index contributed by atoms with van der Waals surface area (Å²) in [4.78, 5) is 16.0. The molecule has 0 fully saturated rings. The SMILES string of the molecule is CCOc1ccc2nc(SCc3cnc(N)cn3)[nH]c2c1. The predicted octanol–water partition coefficient (Wildman–Crippen LogP) is 2.63. The average molecular weight is 301 g/mol. The van der Waals surface area contributed by atoms with E-state index in [1.807, 2.05) is 25.1 Å². The Labute approximate surface area is 126 Å². The minimum absolute atomic E-state index is 0.427. The molecule has 1 aromatic carbocycles. The number of ether oxygens (including phenoxy) is 1. The Hall–Kier alpha value is -2.28. The predicted molar refractivity (Wildman–Crippen MR) is 83.3 cm³/mol. The molecule has 0 bridgehead atoms. The number of benzene rings is 1. The fourth-order valence-corrected chi connectivity index (χ4v) is 2.65. The number of nitrogens with two attached hydrogens (primary N) is 1. The third-order valence-electron chi connectivity index (χ3n) is 2.82. The highest BCUT2D eigenvalue weighted by molar-refractivity contribution is 7.98. The Morgan fingerprint density at radius 1 is 1.29 bits per heavy atom. The number of rotatable bonds is 5. The van der Waals surface area contributed by atoms with Gasteiger partial charge in [-0.25, -0.2) is 9.97 Å². The third kappa shape index (κ3) is 3.25. The number of nitrogens with zero attached hydrogens (tertiary/aromatic N) is 3. The van der Waals surface area contributed by atoms with Crippen LogP contribution in [0.15, 0.2) is 35.7 Å². The number of imidazole rings is 1. The van der Waals surface area contributed by atoms with Crippen molar-refractivity contribution in [3.8, 4) is 5.75 Å². The minimum atomic E-state index is 0.427. The molecule has 0 saturated carbocycles. The Bertz CT molecular complexity index is 741. The maximum atomic E-state index is 5.51. The summed E-state index contributed by atoms with van der Waals surface area (Å²) in [5.41, 5.74) is 8.26. The van der Waals surface area contributed by atoms with Crippen molar-refractivity contribution < 1.29 is 4.74 Å². The zero-order chi connectivity index (χ0) is 14.7. The van der Waals surface area contributed by atoms with Crippen LogP contribution in [0.2, 0.25) is 0 Å². The van der Waals surface area contributed by atoms with Crippen LogP contribution in [0.4, 0.5) is 5.82 Å². The highest BCUT2D eigenvalue weighted by Gasteiger charge is 2.06. The van der Waals surface area contributed by atoms with Crippen molar-refractivity contribution in [1.29, 1.82) is 0 Å². The van der Waals surface area contributed by atoms with Gasteiger partial charge in [0.25, 0.3) is 0 Å². The van der Waals surface area contributed by atoms with Crippen LogP contribution in [0.1, 0.15) is 12.6 Å². The normalized spacial score (nSPS) is 10.9. The monoisotopic (exact) mass is 301 g/mol. The molecule has 0 aliphatic carbocycles. The molecular formula is C14H15N5OS. The highest BCUT2D eigenvalue weighted by Crippen LogP contribution is 2.25. The maximum Gasteiger partial charge on any atom is 0.166 e. The van der Waals surface area contributed by atoms with Crippen LogP contribution in [-0.2, 0) is 5.75 Å². The van der Waals surface area contributed by atoms with Crippen LogP contribution >= 0.6 is 11.8 Å². The van der Waals surface area contributed by atoms with Crippen molar-refractivity contribution in [2.45, 2.75) is 17.8 Å². The minimum Gasteiger partial charge on any atom is -0.494 e. The van der Waals surface area contributed by atoms with Gasteiger partial charge >= 0.3 is 0 Å². The number of aromatic nitrogens is 4. The summed E-state index contributed by atoms with van der Waals surface area (Å²) >= 11 is 1.57. The van der Waals surface area contributed by atoms with Crippen LogP contribution < -0.4 is 10.5 Å². The number of nitrogens with one attached hydrogen (secondary N) is 1. The van der Waals surface area contributed by atoms with E-state index in [-0.39, 0.29) is 0 Å². The molecule has 3 N–H and O–H groups in total. The molecule has 0 aliphatic heterocycles. The molecule has 108 valence electrons. The number of fused-ring (bicyclic) bond motifs is 1. The maximum absolute atomic E-state index is 5.51. The van der Waals surface area contributed by atoms with E-state index in [1.54, 1.807) is 24.2 Å². The van der Waals surface area contributed by atoms with Crippen LogP contribution in [0.25, 0.3) is 11.0 Å². The smallest absolute Gasteiger partial charge is 0.166 e. The first-order valence-corrected chi connectivity index (χ1v) is 7.55. The summed E-state index contributed by atoms with van der Waals surface area (Å²) in [7, 11) is 0. The van der Waals surface area contributed by atoms with Crippen molar-refractivity contribution in [2.24, 2.45) is 0 Å². The Kier molecular flexibility index (Phi) is 3.92. The molecule has 3 rings (SSSR count). The van der Waals surface area contributed by atoms with Gasteiger partial charge in [-0.05, 0) is 19.1 Å². The molecule has 7 heteroatoms. The molecule has 0 saturated heterocycles. The van der Waals surface area contributed by atoms with Crippen LogP contribution in [0.3, 0.4) is 0 Å². The first kappa shape index (κ1) is 13.7. The van der Waals surface area contributed by atoms with Crippen molar-refractivity contribution in [3.63, 3.8) is 0 Å². The summed E-state index contributed by atoms with van der Waals surface area (Å²) in [6.07, 6.45) is 3.24. The van der Waals surface area contributed by atoms with E-state index < -0.39 is 0 Å². The number of hydrogen-bond donors (Lipinski definition) is 2. The molecule has 2 heterocycles. The first-order valence-electron chi connectivity index (χ1n) is 6.56. The van der Waals surface area contributed by atoms with Gasteiger partial charge in [0.05, 0.1) is 35.7 Å². The van der Waals surface area contributed by atoms with Crippen molar-refractivity contribution in [3.05, 3.63) is 36.3 Å². The fourth-order valence-electron chi connectivity index (χ4n) is 1.87. The van der Waals surface area contributed by atoms with E-state index in [2.05, 4.69) is 19.9 Å². The van der Waals surface area contributed by atoms with E-state index in [4.69, 9.17) is 10.5 Å². The highest BCUT2D eigenvalue weighted by atomic mass is 32.2. The van der Waals surface area contributed by atoms with Crippen molar-refractivity contribution in [2.75, 3.05) is 12.3 Å². The van der Waals surface area contributed by atoms with Gasteiger partial charge in [0.1, 0.15) is 11.6 Å². The van der Waals surface area contributed by atoms with E-state index >= 15 is 0 Å². The molecule has 6 nitrogen and oxygen atoms in total. The topological polar surface area (TPSA) is 89.7 Å². The van der Waals surface area contributed by atoms with Crippen LogP contribution in [-0.4, -0.2) is 26.5 Å². The first-order chi connectivity index (χ1) is 10.2. The van der Waals surface area contributed by atoms with Crippen molar-refractivity contribution >= 4 is 28.6 Å². The number of aromatic amines is 1. The zero-order valence-electron chi connectivity index (χ0n) is 11.5. The Morgan fingerprint density at radius 3 is 2.95 bits per heavy atom. The lowest BCUT2D eigenvalue weighted by Gasteiger charge is -2.00. The van der Waals surface area contributed by atoms with Gasteiger partial charge < -0.3 is 15.5 Å². The lowest BCUT2D eigenvalue weighted by Crippen LogP contribution is -1.94. The van der Waals surface area contributed by atoms with Crippen LogP contribution in [0, 0.1) is 0 Å². The molecule has 2 aromatic heterocycles. The lowest BCUT2D eigenvalue weighted by molar-refractivity contribution is 0.340. The zero-order valence-corrected chi connectivity index (χ0v) is 12.4. The van der Waals surface area contributed by atoms with E-state index in [9.17, 15) is 0 Å². The molecule has 0 radical (unpaired) electrons. The third-order valence-corrected chi connectivity index (χ3v) is 3.73. The summed E-state index contributed by atoms with van der Waals surface area (Å²) in [6, 6.07) is 5.83. The second-order valence-corrected chi connectivity index (χ2v) is 5.34. The Balaban J connectivity index is 1.73. The summed E-state index contributed by atoms with van der Waals surface area (Å²) in [6.45, 7) is 2.61. The second-order valence-electron chi connectivity index (χ2n) is 4.38. The van der Waals surface area contributed by atoms with E-state index in [1.165, 1.54) is 0 Å². The van der Waals surface area contributed by atoms with Crippen molar-refractivity contribution in [1.82, 2.24) is 19.9 Å². The number of thioether (sulfide) groups is 1. The molecule has 3 aromatic rings. The van der Waals surface area contributed by atoms with Gasteiger partial charge in [0.15, 0.2) is 5.16 Å². The number of hydrogen-bond acceptors (Lipinski definition) is 6. The molecular weight excluding hydrogens is 286 g/mol. The molecule has 0 amide bonds. The van der Waals surface area contributed by atoms with E-state index in [0.29, 0.717) is 18.2 Å². The summed E-state index contributed by atoms with van der Waals surface area (Å²) in [5.74, 6) is 1.95. The van der Waals surface area contributed by atoms with Gasteiger partial charge in [0, 0.05) is 11.8 Å². The molecule has 21 heavy (non-hydrogen) atoms. The largest absolute Gasteiger partial charge is 0.494 e. The second kappa shape index (κ2) is 6.01. The number of anilines is 1. The summed E-state index contributed by atoms with van der Waals surface area (Å²) in [5, 5.41) is 0.845. The average Bonchev–Trinajstić information content (AvgIpc) is 2.89. The van der Waals surface area contributed by atoms with Gasteiger partial charge in [-0.15, -0.1) is 0 Å².